The monoisotopic (exact) mass is 244 g/mol. The number of hydrogen-bond acceptors (Lipinski definition) is 3. The summed E-state index contributed by atoms with van der Waals surface area (Å²) in [6.45, 7) is 9.21. The topological polar surface area (TPSA) is 42.7 Å². The van der Waals surface area contributed by atoms with Crippen LogP contribution < -0.4 is 5.32 Å². The fraction of sp³-hybridized carbons (Fsp3) is 0.429. The van der Waals surface area contributed by atoms with Gasteiger partial charge in [0.2, 0.25) is 0 Å². The van der Waals surface area contributed by atoms with Crippen molar-refractivity contribution in [2.75, 3.05) is 0 Å². The van der Waals surface area contributed by atoms with E-state index in [1.165, 1.54) is 5.56 Å². The molecule has 18 heavy (non-hydrogen) atoms. The molecule has 0 saturated heterocycles. The number of benzene rings is 1. The maximum absolute atomic E-state index is 4.17. The van der Waals surface area contributed by atoms with Gasteiger partial charge in [0, 0.05) is 12.1 Å². The minimum atomic E-state index is 0.0909. The van der Waals surface area contributed by atoms with Crippen molar-refractivity contribution in [2.45, 2.75) is 39.8 Å². The quantitative estimate of drug-likeness (QED) is 0.902. The molecule has 1 heterocycles. The molecule has 1 N–H and O–H groups in total. The molecule has 0 spiro atoms. The SMILES string of the molecule is Cc1ccc(-n2cc(CNC(C)(C)C)nn2)cc1. The van der Waals surface area contributed by atoms with E-state index in [2.05, 4.69) is 55.5 Å². The van der Waals surface area contributed by atoms with Crippen molar-refractivity contribution >= 4 is 0 Å². The van der Waals surface area contributed by atoms with Gasteiger partial charge in [0.05, 0.1) is 17.6 Å². The van der Waals surface area contributed by atoms with Gasteiger partial charge >= 0.3 is 0 Å². The standard InChI is InChI=1S/C14H20N4/c1-11-5-7-13(8-6-11)18-10-12(16-17-18)9-15-14(2,3)4/h5-8,10,15H,9H2,1-4H3. The van der Waals surface area contributed by atoms with Crippen molar-refractivity contribution in [3.63, 3.8) is 0 Å². The van der Waals surface area contributed by atoms with Crippen LogP contribution in [0.3, 0.4) is 0 Å². The lowest BCUT2D eigenvalue weighted by molar-refractivity contribution is 0.421. The summed E-state index contributed by atoms with van der Waals surface area (Å²) in [7, 11) is 0. The molecule has 0 saturated carbocycles. The summed E-state index contributed by atoms with van der Waals surface area (Å²) in [6, 6.07) is 8.24. The van der Waals surface area contributed by atoms with Crippen LogP contribution in [-0.2, 0) is 6.54 Å². The first-order chi connectivity index (χ1) is 8.44. The fourth-order valence-corrected chi connectivity index (χ4v) is 1.56. The van der Waals surface area contributed by atoms with Gasteiger partial charge in [-0.2, -0.15) is 0 Å². The number of aromatic nitrogens is 3. The van der Waals surface area contributed by atoms with Gasteiger partial charge in [0.15, 0.2) is 0 Å². The Hall–Kier alpha value is -1.68. The van der Waals surface area contributed by atoms with E-state index < -0.39 is 0 Å². The molecule has 0 bridgehead atoms. The Balaban J connectivity index is 2.08. The first-order valence-electron chi connectivity index (χ1n) is 6.17. The van der Waals surface area contributed by atoms with Crippen LogP contribution in [0.25, 0.3) is 5.69 Å². The third kappa shape index (κ3) is 3.40. The molecule has 0 radical (unpaired) electrons. The third-order valence-electron chi connectivity index (χ3n) is 2.64. The summed E-state index contributed by atoms with van der Waals surface area (Å²) in [5.41, 5.74) is 3.32. The average molecular weight is 244 g/mol. The number of nitrogens with one attached hydrogen (secondary N) is 1. The van der Waals surface area contributed by atoms with E-state index >= 15 is 0 Å². The van der Waals surface area contributed by atoms with Crippen molar-refractivity contribution in [2.24, 2.45) is 0 Å². The molecule has 0 aliphatic carbocycles. The summed E-state index contributed by atoms with van der Waals surface area (Å²) in [4.78, 5) is 0. The fourth-order valence-electron chi connectivity index (χ4n) is 1.56. The molecule has 1 aromatic carbocycles. The van der Waals surface area contributed by atoms with Gasteiger partial charge in [-0.05, 0) is 39.8 Å². The molecule has 0 fully saturated rings. The van der Waals surface area contributed by atoms with Gasteiger partial charge in [0.25, 0.3) is 0 Å². The second kappa shape index (κ2) is 4.90. The minimum absolute atomic E-state index is 0.0909. The number of nitrogens with zero attached hydrogens (tertiary/aromatic N) is 3. The summed E-state index contributed by atoms with van der Waals surface area (Å²) < 4.78 is 1.80. The summed E-state index contributed by atoms with van der Waals surface area (Å²) in [5.74, 6) is 0. The van der Waals surface area contributed by atoms with Crippen LogP contribution in [0.2, 0.25) is 0 Å². The number of rotatable bonds is 3. The van der Waals surface area contributed by atoms with Crippen molar-refractivity contribution < 1.29 is 0 Å². The maximum atomic E-state index is 4.17. The van der Waals surface area contributed by atoms with Gasteiger partial charge in [-0.15, -0.1) is 5.10 Å². The largest absolute Gasteiger partial charge is 0.306 e. The highest BCUT2D eigenvalue weighted by molar-refractivity contribution is 5.33. The van der Waals surface area contributed by atoms with E-state index in [9.17, 15) is 0 Å². The van der Waals surface area contributed by atoms with Crippen molar-refractivity contribution in [3.05, 3.63) is 41.7 Å². The van der Waals surface area contributed by atoms with Crippen molar-refractivity contribution in [1.82, 2.24) is 20.3 Å². The molecule has 4 heteroatoms. The number of hydrogen-bond donors (Lipinski definition) is 1. The zero-order valence-corrected chi connectivity index (χ0v) is 11.4. The van der Waals surface area contributed by atoms with Gasteiger partial charge in [-0.25, -0.2) is 4.68 Å². The van der Waals surface area contributed by atoms with Crippen LogP contribution >= 0.6 is 0 Å². The normalized spacial score (nSPS) is 11.8. The number of aryl methyl sites for hydroxylation is 1. The second-order valence-electron chi connectivity index (χ2n) is 5.59. The summed E-state index contributed by atoms with van der Waals surface area (Å²) >= 11 is 0. The van der Waals surface area contributed by atoms with E-state index in [1.54, 1.807) is 4.68 Å². The third-order valence-corrected chi connectivity index (χ3v) is 2.64. The highest BCUT2D eigenvalue weighted by Crippen LogP contribution is 2.09. The van der Waals surface area contributed by atoms with Gasteiger partial charge in [0.1, 0.15) is 0 Å². The lowest BCUT2D eigenvalue weighted by Crippen LogP contribution is -2.35. The Morgan fingerprint density at radius 2 is 1.83 bits per heavy atom. The van der Waals surface area contributed by atoms with E-state index in [1.807, 2.05) is 18.3 Å². The lowest BCUT2D eigenvalue weighted by Gasteiger charge is -2.19. The van der Waals surface area contributed by atoms with E-state index in [0.29, 0.717) is 0 Å². The maximum Gasteiger partial charge on any atom is 0.0969 e. The molecule has 0 unspecified atom stereocenters. The zero-order valence-electron chi connectivity index (χ0n) is 11.4. The van der Waals surface area contributed by atoms with E-state index in [0.717, 1.165) is 17.9 Å². The Bertz CT molecular complexity index is 505. The first kappa shape index (κ1) is 12.8. The average Bonchev–Trinajstić information content (AvgIpc) is 2.75. The summed E-state index contributed by atoms with van der Waals surface area (Å²) in [5, 5.41) is 11.7. The molecule has 0 amide bonds. The smallest absolute Gasteiger partial charge is 0.0969 e. The van der Waals surface area contributed by atoms with Crippen LogP contribution in [0, 0.1) is 6.92 Å². The lowest BCUT2D eigenvalue weighted by atomic mass is 10.1. The minimum Gasteiger partial charge on any atom is -0.306 e. The molecule has 2 aromatic rings. The molecule has 1 aromatic heterocycles. The Morgan fingerprint density at radius 3 is 2.44 bits per heavy atom. The summed E-state index contributed by atoms with van der Waals surface area (Å²) in [6.07, 6.45) is 1.96. The molecule has 0 aliphatic heterocycles. The van der Waals surface area contributed by atoms with Crippen LogP contribution in [0.1, 0.15) is 32.0 Å². The highest BCUT2D eigenvalue weighted by Gasteiger charge is 2.10. The van der Waals surface area contributed by atoms with Crippen LogP contribution in [0.15, 0.2) is 30.5 Å². The van der Waals surface area contributed by atoms with Gasteiger partial charge in [-0.1, -0.05) is 22.9 Å². The van der Waals surface area contributed by atoms with Crippen LogP contribution in [0.5, 0.6) is 0 Å². The zero-order chi connectivity index (χ0) is 13.2. The predicted molar refractivity (Wildman–Crippen MR) is 72.7 cm³/mol. The molecule has 96 valence electrons. The Kier molecular flexibility index (Phi) is 3.48. The van der Waals surface area contributed by atoms with Crippen LogP contribution in [0.4, 0.5) is 0 Å². The van der Waals surface area contributed by atoms with Gasteiger partial charge < -0.3 is 5.32 Å². The van der Waals surface area contributed by atoms with Crippen LogP contribution in [-0.4, -0.2) is 20.5 Å². The molecule has 2 rings (SSSR count). The van der Waals surface area contributed by atoms with Gasteiger partial charge in [-0.3, -0.25) is 0 Å². The Morgan fingerprint density at radius 1 is 1.17 bits per heavy atom. The van der Waals surface area contributed by atoms with E-state index in [4.69, 9.17) is 0 Å². The molecule has 0 atom stereocenters. The molecule has 4 nitrogen and oxygen atoms in total. The second-order valence-corrected chi connectivity index (χ2v) is 5.59. The van der Waals surface area contributed by atoms with Crippen molar-refractivity contribution in [1.29, 1.82) is 0 Å². The highest BCUT2D eigenvalue weighted by atomic mass is 15.4. The van der Waals surface area contributed by atoms with Crippen molar-refractivity contribution in [3.8, 4) is 5.69 Å². The first-order valence-corrected chi connectivity index (χ1v) is 6.17. The predicted octanol–water partition coefficient (Wildman–Crippen LogP) is 2.46. The Labute approximate surface area is 108 Å². The van der Waals surface area contributed by atoms with E-state index in [-0.39, 0.29) is 5.54 Å². The molecule has 0 aliphatic rings. The molecular weight excluding hydrogens is 224 g/mol. The molecular formula is C14H20N4.